The summed E-state index contributed by atoms with van der Waals surface area (Å²) in [5.74, 6) is -2.88. The molecule has 19 heteroatoms. The van der Waals surface area contributed by atoms with Crippen LogP contribution in [0.2, 0.25) is 0 Å². The van der Waals surface area contributed by atoms with Crippen molar-refractivity contribution in [3.8, 4) is 11.8 Å². The van der Waals surface area contributed by atoms with Gasteiger partial charge in [0.15, 0.2) is 5.11 Å². The zero-order chi connectivity index (χ0) is 37.5. The zero-order valence-electron chi connectivity index (χ0n) is 27.6. The molecule has 1 N–H and O–H groups in total. The number of hydrogen-bond donors (Lipinski definition) is 1. The topological polar surface area (TPSA) is 180 Å². The molecule has 1 aromatic heterocycles. The molecule has 0 aliphatic carbocycles. The molecule has 0 bridgehead atoms. The second-order valence-electron chi connectivity index (χ2n) is 12.5. The number of amides is 5. The molecule has 0 saturated carbocycles. The molecule has 6 rings (SSSR count). The molecule has 3 aliphatic heterocycles. The number of carbonyl (C=O) groups is 5. The number of rotatable bonds is 11. The van der Waals surface area contributed by atoms with Gasteiger partial charge in [0.25, 0.3) is 17.7 Å². The van der Waals surface area contributed by atoms with Gasteiger partial charge in [-0.1, -0.05) is 11.3 Å². The molecule has 3 aliphatic rings. The standard InChI is InChI=1S/C33H29F3N8O7S/c1-32(2)30(49)43(20-8-7-18(14-37)22(13-20)33(34,35)36)31(52)42(32)17-41-15-19(39-40-41)16-50-11-4-12-51-24-6-3-5-21-26(24)29(48)44(28(21)47)23-9-10-25(45)38-27(23)46/h3,5-8,13,15,23H,4,9-12,16-17H2,1-2H3,(H,38,45,46). The van der Waals surface area contributed by atoms with E-state index in [4.69, 9.17) is 27.0 Å². The monoisotopic (exact) mass is 738 g/mol. The molecular weight excluding hydrogens is 709 g/mol. The van der Waals surface area contributed by atoms with Gasteiger partial charge < -0.3 is 14.4 Å². The van der Waals surface area contributed by atoms with Crippen LogP contribution >= 0.6 is 12.2 Å². The van der Waals surface area contributed by atoms with E-state index in [-0.39, 0.29) is 67.0 Å². The van der Waals surface area contributed by atoms with Crippen LogP contribution in [0.3, 0.4) is 0 Å². The predicted octanol–water partition coefficient (Wildman–Crippen LogP) is 2.93. The quantitative estimate of drug-likeness (QED) is 0.173. The van der Waals surface area contributed by atoms with Gasteiger partial charge in [0.05, 0.1) is 60.0 Å². The van der Waals surface area contributed by atoms with Crippen molar-refractivity contribution < 1.29 is 46.6 Å². The highest BCUT2D eigenvalue weighted by Gasteiger charge is 2.50. The Labute approximate surface area is 298 Å². The number of alkyl halides is 3. The maximum atomic E-state index is 13.6. The van der Waals surface area contributed by atoms with Crippen LogP contribution in [0.4, 0.5) is 18.9 Å². The van der Waals surface area contributed by atoms with E-state index in [1.54, 1.807) is 32.2 Å². The number of ether oxygens (including phenoxy) is 2. The lowest BCUT2D eigenvalue weighted by Crippen LogP contribution is -2.54. The Balaban J connectivity index is 1.01. The van der Waals surface area contributed by atoms with Crippen molar-refractivity contribution >= 4 is 52.6 Å². The number of nitrogens with zero attached hydrogens (tertiary/aromatic N) is 7. The molecule has 1 unspecified atom stereocenters. The molecule has 0 radical (unpaired) electrons. The lowest BCUT2D eigenvalue weighted by molar-refractivity contribution is -0.138. The number of hydrogen-bond acceptors (Lipinski definition) is 11. The Morgan fingerprint density at radius 2 is 1.87 bits per heavy atom. The van der Waals surface area contributed by atoms with Crippen LogP contribution in [0, 0.1) is 11.3 Å². The van der Waals surface area contributed by atoms with Crippen LogP contribution in [0.25, 0.3) is 0 Å². The van der Waals surface area contributed by atoms with Gasteiger partial charge in [-0.3, -0.25) is 39.1 Å². The Morgan fingerprint density at radius 1 is 1.10 bits per heavy atom. The Kier molecular flexibility index (Phi) is 9.55. The Bertz CT molecular complexity index is 2060. The lowest BCUT2D eigenvalue weighted by atomic mass is 10.0. The summed E-state index contributed by atoms with van der Waals surface area (Å²) >= 11 is 5.52. The fourth-order valence-electron chi connectivity index (χ4n) is 6.05. The number of anilines is 1. The first-order valence-corrected chi connectivity index (χ1v) is 16.3. The number of nitriles is 1. The number of nitrogens with one attached hydrogen (secondary N) is 1. The van der Waals surface area contributed by atoms with E-state index >= 15 is 0 Å². The van der Waals surface area contributed by atoms with Crippen molar-refractivity contribution in [1.82, 2.24) is 30.1 Å². The van der Waals surface area contributed by atoms with Gasteiger partial charge in [0.2, 0.25) is 11.8 Å². The van der Waals surface area contributed by atoms with E-state index in [1.165, 1.54) is 27.8 Å². The van der Waals surface area contributed by atoms with Crippen molar-refractivity contribution in [2.75, 3.05) is 18.1 Å². The fraction of sp³-hybridized carbons (Fsp3) is 0.364. The summed E-state index contributed by atoms with van der Waals surface area (Å²) in [6.07, 6.45) is -2.83. The first-order chi connectivity index (χ1) is 24.6. The molecule has 1 atom stereocenters. The smallest absolute Gasteiger partial charge is 0.417 e. The van der Waals surface area contributed by atoms with E-state index < -0.39 is 58.4 Å². The van der Waals surface area contributed by atoms with Gasteiger partial charge in [-0.25, -0.2) is 4.68 Å². The van der Waals surface area contributed by atoms with E-state index in [9.17, 15) is 37.1 Å². The molecule has 4 heterocycles. The van der Waals surface area contributed by atoms with Crippen LogP contribution in [-0.2, 0) is 38.6 Å². The SMILES string of the molecule is CC1(C)C(=O)N(c2ccc(C#N)c(C(F)(F)F)c2)C(=S)N1Cn1cc(COCCCOc2cccc3c2C(=O)N(C2CCC(=O)NC2=O)C3=O)nn1. The van der Waals surface area contributed by atoms with Gasteiger partial charge in [-0.15, -0.1) is 5.10 Å². The number of carbonyl (C=O) groups excluding carboxylic acids is 5. The summed E-state index contributed by atoms with van der Waals surface area (Å²) in [7, 11) is 0. The summed E-state index contributed by atoms with van der Waals surface area (Å²) in [5, 5.41) is 19.4. The lowest BCUT2D eigenvalue weighted by Gasteiger charge is -2.28. The largest absolute Gasteiger partial charge is 0.493 e. The molecular formula is C33H29F3N8O7S. The highest BCUT2D eigenvalue weighted by molar-refractivity contribution is 7.80. The van der Waals surface area contributed by atoms with Crippen LogP contribution in [0.5, 0.6) is 5.75 Å². The summed E-state index contributed by atoms with van der Waals surface area (Å²) in [6.45, 7) is 3.49. The maximum Gasteiger partial charge on any atom is 0.417 e. The number of imide groups is 2. The summed E-state index contributed by atoms with van der Waals surface area (Å²) in [6, 6.07) is 7.95. The second kappa shape index (κ2) is 13.8. The predicted molar refractivity (Wildman–Crippen MR) is 175 cm³/mol. The summed E-state index contributed by atoms with van der Waals surface area (Å²) in [5.41, 5.74) is -2.56. The van der Waals surface area contributed by atoms with Gasteiger partial charge in [-0.2, -0.15) is 18.4 Å². The zero-order valence-corrected chi connectivity index (χ0v) is 28.4. The molecule has 2 aromatic carbocycles. The first kappa shape index (κ1) is 36.1. The number of piperidine rings is 1. The molecule has 2 fully saturated rings. The van der Waals surface area contributed by atoms with Crippen LogP contribution in [-0.4, -0.2) is 84.2 Å². The minimum atomic E-state index is -4.82. The third kappa shape index (κ3) is 6.57. The van der Waals surface area contributed by atoms with Gasteiger partial charge in [-0.05, 0) is 62.8 Å². The number of thiocarbonyl (C=S) groups is 1. The van der Waals surface area contributed by atoms with E-state index in [2.05, 4.69) is 15.6 Å². The number of fused-ring (bicyclic) bond motifs is 1. The number of halogens is 3. The van der Waals surface area contributed by atoms with Crippen molar-refractivity contribution in [3.63, 3.8) is 0 Å². The van der Waals surface area contributed by atoms with E-state index in [0.717, 1.165) is 21.9 Å². The van der Waals surface area contributed by atoms with Crippen molar-refractivity contribution in [3.05, 3.63) is 70.5 Å². The summed E-state index contributed by atoms with van der Waals surface area (Å²) in [4.78, 5) is 66.9. The van der Waals surface area contributed by atoms with Crippen molar-refractivity contribution in [2.24, 2.45) is 0 Å². The minimum absolute atomic E-state index is 0.00651. The molecule has 52 heavy (non-hydrogen) atoms. The van der Waals surface area contributed by atoms with Crippen molar-refractivity contribution in [2.45, 2.75) is 64.1 Å². The molecule has 5 amide bonds. The van der Waals surface area contributed by atoms with Crippen LogP contribution in [0.1, 0.15) is 70.6 Å². The highest BCUT2D eigenvalue weighted by atomic mass is 32.1. The second-order valence-corrected chi connectivity index (χ2v) is 12.9. The average Bonchev–Trinajstić information content (AvgIpc) is 3.70. The van der Waals surface area contributed by atoms with Gasteiger partial charge in [0, 0.05) is 12.8 Å². The highest BCUT2D eigenvalue weighted by Crippen LogP contribution is 2.38. The first-order valence-electron chi connectivity index (χ1n) is 15.8. The van der Waals surface area contributed by atoms with Crippen molar-refractivity contribution in [1.29, 1.82) is 5.26 Å². The summed E-state index contributed by atoms with van der Waals surface area (Å²) < 4.78 is 53.7. The normalized spacial score (nSPS) is 18.6. The van der Waals surface area contributed by atoms with E-state index in [1.807, 2.05) is 0 Å². The third-order valence-electron chi connectivity index (χ3n) is 8.75. The Hall–Kier alpha value is -5.74. The maximum absolute atomic E-state index is 13.6. The Morgan fingerprint density at radius 3 is 2.58 bits per heavy atom. The molecule has 15 nitrogen and oxygen atoms in total. The van der Waals surface area contributed by atoms with E-state index in [0.29, 0.717) is 12.1 Å². The van der Waals surface area contributed by atoms with Gasteiger partial charge >= 0.3 is 6.18 Å². The fourth-order valence-corrected chi connectivity index (χ4v) is 6.52. The third-order valence-corrected chi connectivity index (χ3v) is 9.16. The van der Waals surface area contributed by atoms with Crippen LogP contribution in [0.15, 0.2) is 42.6 Å². The van der Waals surface area contributed by atoms with Gasteiger partial charge in [0.1, 0.15) is 29.7 Å². The minimum Gasteiger partial charge on any atom is -0.493 e. The molecule has 0 spiro atoms. The number of benzene rings is 2. The average molecular weight is 739 g/mol. The molecule has 270 valence electrons. The molecule has 2 saturated heterocycles. The van der Waals surface area contributed by atoms with Crippen LogP contribution < -0.4 is 15.0 Å². The number of aromatic nitrogens is 3. The molecule has 3 aromatic rings.